The van der Waals surface area contributed by atoms with E-state index >= 15 is 0 Å². The first-order chi connectivity index (χ1) is 16.4. The van der Waals surface area contributed by atoms with E-state index < -0.39 is 5.91 Å². The molecule has 12 heteroatoms. The monoisotopic (exact) mass is 463 g/mol. The van der Waals surface area contributed by atoms with Crippen LogP contribution >= 0.6 is 0 Å². The number of primary amides is 1. The molecule has 0 fully saturated rings. The van der Waals surface area contributed by atoms with Gasteiger partial charge in [0.15, 0.2) is 17.3 Å². The fraction of sp³-hybridized carbons (Fsp3) is 0.273. The lowest BCUT2D eigenvalue weighted by atomic mass is 10.1. The van der Waals surface area contributed by atoms with Crippen LogP contribution in [0.3, 0.4) is 0 Å². The maximum absolute atomic E-state index is 12.3. The number of ether oxygens (including phenoxy) is 2. The molecule has 4 aromatic heterocycles. The van der Waals surface area contributed by atoms with Crippen molar-refractivity contribution in [3.63, 3.8) is 0 Å². The summed E-state index contributed by atoms with van der Waals surface area (Å²) in [5, 5.41) is 6.16. The third kappa shape index (κ3) is 4.57. The molecule has 176 valence electrons. The van der Waals surface area contributed by atoms with Gasteiger partial charge in [0.25, 0.3) is 5.91 Å². The van der Waals surface area contributed by atoms with Crippen LogP contribution in [0.4, 0.5) is 17.3 Å². The zero-order chi connectivity index (χ0) is 24.2. The molecule has 4 rings (SSSR count). The average molecular weight is 464 g/mol. The van der Waals surface area contributed by atoms with Gasteiger partial charge in [-0.2, -0.15) is 0 Å². The highest BCUT2D eigenvalue weighted by Crippen LogP contribution is 2.32. The summed E-state index contributed by atoms with van der Waals surface area (Å²) in [4.78, 5) is 34.6. The minimum Gasteiger partial charge on any atom is -0.475 e. The number of rotatable bonds is 9. The number of pyridine rings is 2. The van der Waals surface area contributed by atoms with E-state index in [1.807, 2.05) is 18.5 Å². The molecule has 0 aliphatic heterocycles. The van der Waals surface area contributed by atoms with Crippen molar-refractivity contribution < 1.29 is 14.3 Å². The molecule has 34 heavy (non-hydrogen) atoms. The summed E-state index contributed by atoms with van der Waals surface area (Å²) in [6.45, 7) is 2.61. The molecule has 0 atom stereocenters. The molecule has 0 aliphatic rings. The number of aromatic nitrogens is 6. The van der Waals surface area contributed by atoms with E-state index in [2.05, 4.69) is 35.6 Å². The van der Waals surface area contributed by atoms with Gasteiger partial charge < -0.3 is 30.4 Å². The number of amides is 1. The summed E-state index contributed by atoms with van der Waals surface area (Å²) in [5.74, 6) is 0.291. The van der Waals surface area contributed by atoms with Crippen LogP contribution in [0.15, 0.2) is 30.9 Å². The van der Waals surface area contributed by atoms with E-state index in [1.165, 1.54) is 0 Å². The quantitative estimate of drug-likeness (QED) is 0.314. The van der Waals surface area contributed by atoms with Crippen LogP contribution in [0.5, 0.6) is 5.88 Å². The molecule has 0 unspecified atom stereocenters. The number of nitrogens with one attached hydrogen (secondary N) is 2. The van der Waals surface area contributed by atoms with Crippen LogP contribution in [0.2, 0.25) is 0 Å². The van der Waals surface area contributed by atoms with Gasteiger partial charge in [-0.05, 0) is 13.0 Å². The Kier molecular flexibility index (Phi) is 6.50. The van der Waals surface area contributed by atoms with Crippen LogP contribution in [0.25, 0.3) is 22.3 Å². The van der Waals surface area contributed by atoms with Crippen molar-refractivity contribution in [1.82, 2.24) is 29.5 Å². The number of methoxy groups -OCH3 is 1. The second kappa shape index (κ2) is 9.67. The number of fused-ring (bicyclic) bond motifs is 1. The smallest absolute Gasteiger partial charge is 0.271 e. The Hall–Kier alpha value is -4.32. The van der Waals surface area contributed by atoms with Gasteiger partial charge >= 0.3 is 0 Å². The summed E-state index contributed by atoms with van der Waals surface area (Å²) < 4.78 is 12.5. The number of imidazole rings is 1. The predicted octanol–water partition coefficient (Wildman–Crippen LogP) is 2.04. The number of hydrogen-bond acceptors (Lipinski definition) is 10. The summed E-state index contributed by atoms with van der Waals surface area (Å²) in [6.07, 6.45) is 5.03. The minimum atomic E-state index is -0.734. The van der Waals surface area contributed by atoms with E-state index in [1.54, 1.807) is 45.0 Å². The van der Waals surface area contributed by atoms with Crippen molar-refractivity contribution in [1.29, 1.82) is 0 Å². The fourth-order valence-electron chi connectivity index (χ4n) is 3.42. The number of nitrogens with zero attached hydrogens (tertiary/aromatic N) is 6. The molecule has 4 heterocycles. The molecule has 4 N–H and O–H groups in total. The first-order valence-corrected chi connectivity index (χ1v) is 10.4. The molecule has 0 radical (unpaired) electrons. The molecule has 0 aliphatic carbocycles. The normalized spacial score (nSPS) is 10.9. The number of aryl methyl sites for hydroxylation is 2. The van der Waals surface area contributed by atoms with Gasteiger partial charge in [0.2, 0.25) is 5.88 Å². The van der Waals surface area contributed by atoms with E-state index in [0.29, 0.717) is 53.1 Å². The van der Waals surface area contributed by atoms with Gasteiger partial charge in [0.05, 0.1) is 30.2 Å². The summed E-state index contributed by atoms with van der Waals surface area (Å²) in [5.41, 5.74) is 9.50. The van der Waals surface area contributed by atoms with Crippen molar-refractivity contribution in [3.05, 3.63) is 42.2 Å². The zero-order valence-electron chi connectivity index (χ0n) is 19.3. The number of nitrogens with two attached hydrogens (primary N) is 1. The maximum atomic E-state index is 12.3. The van der Waals surface area contributed by atoms with Gasteiger partial charge in [-0.15, -0.1) is 0 Å². The van der Waals surface area contributed by atoms with Gasteiger partial charge in [0, 0.05) is 44.8 Å². The van der Waals surface area contributed by atoms with Crippen molar-refractivity contribution in [2.75, 3.05) is 38.0 Å². The SMILES string of the molecule is CNc1nc(Nc2cc(C)nc(OCCOC)c2)c(C(N)=O)nc1-c1cncc2c1ncn2C. The highest BCUT2D eigenvalue weighted by atomic mass is 16.5. The van der Waals surface area contributed by atoms with Crippen molar-refractivity contribution >= 4 is 34.3 Å². The summed E-state index contributed by atoms with van der Waals surface area (Å²) in [7, 11) is 5.18. The third-order valence-corrected chi connectivity index (χ3v) is 4.99. The highest BCUT2D eigenvalue weighted by molar-refractivity contribution is 5.99. The molecule has 4 aromatic rings. The number of anilines is 3. The van der Waals surface area contributed by atoms with Crippen molar-refractivity contribution in [2.24, 2.45) is 12.8 Å². The van der Waals surface area contributed by atoms with Crippen LogP contribution < -0.4 is 21.1 Å². The first kappa shape index (κ1) is 22.9. The molecule has 0 saturated heterocycles. The lowest BCUT2D eigenvalue weighted by molar-refractivity contribution is 0.0996. The molecular weight excluding hydrogens is 438 g/mol. The Balaban J connectivity index is 1.77. The molecule has 0 saturated carbocycles. The lowest BCUT2D eigenvalue weighted by Gasteiger charge is -2.15. The van der Waals surface area contributed by atoms with Crippen LogP contribution in [-0.4, -0.2) is 62.8 Å². The first-order valence-electron chi connectivity index (χ1n) is 10.4. The zero-order valence-corrected chi connectivity index (χ0v) is 19.3. The Morgan fingerprint density at radius 3 is 2.71 bits per heavy atom. The maximum Gasteiger partial charge on any atom is 0.271 e. The van der Waals surface area contributed by atoms with Crippen LogP contribution in [0.1, 0.15) is 16.2 Å². The number of carbonyl (C=O) groups excluding carboxylic acids is 1. The fourth-order valence-corrected chi connectivity index (χ4v) is 3.42. The van der Waals surface area contributed by atoms with Gasteiger partial charge in [-0.3, -0.25) is 9.78 Å². The van der Waals surface area contributed by atoms with Gasteiger partial charge in [-0.1, -0.05) is 0 Å². The Bertz CT molecular complexity index is 1350. The Morgan fingerprint density at radius 1 is 1.15 bits per heavy atom. The topological polar surface area (TPSA) is 155 Å². The molecule has 0 spiro atoms. The predicted molar refractivity (Wildman–Crippen MR) is 127 cm³/mol. The number of carbonyl (C=O) groups is 1. The van der Waals surface area contributed by atoms with Crippen molar-refractivity contribution in [3.8, 4) is 17.1 Å². The van der Waals surface area contributed by atoms with E-state index in [9.17, 15) is 4.79 Å². The Labute approximate surface area is 195 Å². The molecule has 0 aromatic carbocycles. The van der Waals surface area contributed by atoms with Gasteiger partial charge in [-0.25, -0.2) is 19.9 Å². The molecular formula is C22H25N9O3. The highest BCUT2D eigenvalue weighted by Gasteiger charge is 2.21. The van der Waals surface area contributed by atoms with Crippen molar-refractivity contribution in [2.45, 2.75) is 6.92 Å². The summed E-state index contributed by atoms with van der Waals surface area (Å²) in [6, 6.07) is 3.49. The van der Waals surface area contributed by atoms with E-state index in [0.717, 1.165) is 5.52 Å². The summed E-state index contributed by atoms with van der Waals surface area (Å²) >= 11 is 0. The second-order valence-corrected chi connectivity index (χ2v) is 7.44. The molecule has 0 bridgehead atoms. The van der Waals surface area contributed by atoms with E-state index in [-0.39, 0.29) is 11.5 Å². The average Bonchev–Trinajstić information content (AvgIpc) is 3.19. The molecule has 12 nitrogen and oxygen atoms in total. The van der Waals surface area contributed by atoms with E-state index in [4.69, 9.17) is 15.2 Å². The minimum absolute atomic E-state index is 0.0294. The van der Waals surface area contributed by atoms with Crippen LogP contribution in [0, 0.1) is 6.92 Å². The van der Waals surface area contributed by atoms with Crippen LogP contribution in [-0.2, 0) is 11.8 Å². The third-order valence-electron chi connectivity index (χ3n) is 4.99. The molecule has 1 amide bonds. The van der Waals surface area contributed by atoms with Gasteiger partial charge in [0.1, 0.15) is 17.8 Å². The second-order valence-electron chi connectivity index (χ2n) is 7.44. The number of hydrogen-bond donors (Lipinski definition) is 3. The lowest BCUT2D eigenvalue weighted by Crippen LogP contribution is -2.18. The standard InChI is InChI=1S/C22H25N9O3/c1-12-7-13(8-16(27-12)34-6-5-33-4)28-22-19(20(23)32)29-18(21(24-2)30-22)14-9-25-10-15-17(14)26-11-31(15)3/h7-11H,5-6H2,1-4H3,(H2,23,32)(H2,24,27,28,30). The largest absolute Gasteiger partial charge is 0.475 e. The Morgan fingerprint density at radius 2 is 1.97 bits per heavy atom.